The number of rotatable bonds is 4. The van der Waals surface area contributed by atoms with Crippen molar-refractivity contribution < 1.29 is 5.11 Å². The summed E-state index contributed by atoms with van der Waals surface area (Å²) in [4.78, 5) is 1.24. The van der Waals surface area contributed by atoms with Gasteiger partial charge in [0, 0.05) is 10.3 Å². The summed E-state index contributed by atoms with van der Waals surface area (Å²) in [6.45, 7) is 0. The Balaban J connectivity index is 1.44. The zero-order chi connectivity index (χ0) is 14.3. The first-order valence-electron chi connectivity index (χ1n) is 8.30. The lowest BCUT2D eigenvalue weighted by molar-refractivity contribution is -0.104. The van der Waals surface area contributed by atoms with Crippen LogP contribution < -0.4 is 0 Å². The Bertz CT molecular complexity index is 486. The maximum Gasteiger partial charge on any atom is 0.0785 e. The highest BCUT2D eigenvalue weighted by molar-refractivity contribution is 8.02. The van der Waals surface area contributed by atoms with E-state index in [4.69, 9.17) is 0 Å². The van der Waals surface area contributed by atoms with Crippen molar-refractivity contribution in [1.29, 1.82) is 0 Å². The maximum absolute atomic E-state index is 10.8. The summed E-state index contributed by atoms with van der Waals surface area (Å²) in [5.74, 6) is 2.71. The van der Waals surface area contributed by atoms with Gasteiger partial charge in [0.25, 0.3) is 0 Å². The molecule has 4 aliphatic carbocycles. The van der Waals surface area contributed by atoms with Gasteiger partial charge in [-0.05, 0) is 79.9 Å². The Kier molecular flexibility index (Phi) is 3.63. The Morgan fingerprint density at radius 3 is 2.14 bits per heavy atom. The van der Waals surface area contributed by atoms with Gasteiger partial charge in [0.05, 0.1) is 6.10 Å². The molecule has 1 nitrogen and oxygen atoms in total. The number of aliphatic hydroxyl groups is 1. The Morgan fingerprint density at radius 2 is 1.57 bits per heavy atom. The molecule has 112 valence electrons. The standard InChI is InChI=1S/C19H24OS/c20-18(6-7-21-17-4-2-1-3-5-17)19-11-14-8-15(12-19)10-16(9-14)13-19/h1-7,14-16,18,20H,8-13H2. The van der Waals surface area contributed by atoms with Gasteiger partial charge in [-0.3, -0.25) is 0 Å². The van der Waals surface area contributed by atoms with Crippen molar-refractivity contribution in [2.45, 2.75) is 49.5 Å². The van der Waals surface area contributed by atoms with Gasteiger partial charge in [0.1, 0.15) is 0 Å². The molecule has 5 rings (SSSR count). The number of hydrogen-bond donors (Lipinski definition) is 1. The molecule has 0 aromatic heterocycles. The molecule has 0 radical (unpaired) electrons. The normalized spacial score (nSPS) is 39.0. The van der Waals surface area contributed by atoms with Crippen LogP contribution in [0.25, 0.3) is 0 Å². The van der Waals surface area contributed by atoms with E-state index in [0.717, 1.165) is 17.8 Å². The molecule has 4 aliphatic rings. The van der Waals surface area contributed by atoms with Crippen molar-refractivity contribution in [3.63, 3.8) is 0 Å². The van der Waals surface area contributed by atoms with Gasteiger partial charge in [-0.15, -0.1) is 0 Å². The topological polar surface area (TPSA) is 20.2 Å². The third kappa shape index (κ3) is 2.68. The first kappa shape index (κ1) is 13.9. The van der Waals surface area contributed by atoms with Crippen LogP contribution in [-0.2, 0) is 0 Å². The number of benzene rings is 1. The first-order chi connectivity index (χ1) is 10.2. The molecule has 1 aromatic carbocycles. The smallest absolute Gasteiger partial charge is 0.0785 e. The van der Waals surface area contributed by atoms with Crippen LogP contribution in [0.4, 0.5) is 0 Å². The monoisotopic (exact) mass is 300 g/mol. The lowest BCUT2D eigenvalue weighted by Crippen LogP contribution is -2.51. The summed E-state index contributed by atoms with van der Waals surface area (Å²) in [6, 6.07) is 10.4. The fraction of sp³-hybridized carbons (Fsp3) is 0.579. The van der Waals surface area contributed by atoms with Gasteiger partial charge in [-0.1, -0.05) is 30.0 Å². The van der Waals surface area contributed by atoms with Gasteiger partial charge in [-0.25, -0.2) is 0 Å². The molecule has 1 N–H and O–H groups in total. The third-order valence-corrected chi connectivity index (χ3v) is 6.76. The molecule has 4 fully saturated rings. The van der Waals surface area contributed by atoms with Gasteiger partial charge in [0.15, 0.2) is 0 Å². The molecule has 2 heteroatoms. The summed E-state index contributed by atoms with van der Waals surface area (Å²) in [6.07, 6.45) is 9.92. The number of hydrogen-bond acceptors (Lipinski definition) is 2. The summed E-state index contributed by atoms with van der Waals surface area (Å²) in [5.41, 5.74) is 0.211. The van der Waals surface area contributed by atoms with Crippen molar-refractivity contribution in [2.75, 3.05) is 0 Å². The summed E-state index contributed by atoms with van der Waals surface area (Å²) < 4.78 is 0. The van der Waals surface area contributed by atoms with Crippen LogP contribution in [0.15, 0.2) is 46.7 Å². The SMILES string of the molecule is OC(C=CSc1ccccc1)C12CC3CC(CC(C3)C1)C2. The minimum Gasteiger partial charge on any atom is -0.388 e. The number of thioether (sulfide) groups is 1. The second-order valence-corrected chi connectivity index (χ2v) is 8.46. The fourth-order valence-corrected chi connectivity index (χ4v) is 6.13. The molecule has 4 bridgehead atoms. The highest BCUT2D eigenvalue weighted by atomic mass is 32.2. The van der Waals surface area contributed by atoms with E-state index in [2.05, 4.69) is 35.7 Å². The van der Waals surface area contributed by atoms with Crippen LogP contribution >= 0.6 is 11.8 Å². The Morgan fingerprint density at radius 1 is 1.00 bits per heavy atom. The van der Waals surface area contributed by atoms with Gasteiger partial charge < -0.3 is 5.11 Å². The van der Waals surface area contributed by atoms with Crippen LogP contribution in [0.2, 0.25) is 0 Å². The van der Waals surface area contributed by atoms with E-state index in [1.54, 1.807) is 11.8 Å². The molecule has 0 saturated heterocycles. The molecule has 1 atom stereocenters. The molecule has 1 aromatic rings. The zero-order valence-electron chi connectivity index (χ0n) is 12.4. The molecule has 0 amide bonds. The second-order valence-electron chi connectivity index (χ2n) is 7.48. The van der Waals surface area contributed by atoms with E-state index < -0.39 is 0 Å². The van der Waals surface area contributed by atoms with E-state index in [0.29, 0.717) is 0 Å². The highest BCUT2D eigenvalue weighted by Gasteiger charge is 2.53. The maximum atomic E-state index is 10.8. The highest BCUT2D eigenvalue weighted by Crippen LogP contribution is 2.61. The molecule has 0 spiro atoms. The lowest BCUT2D eigenvalue weighted by atomic mass is 9.48. The molecule has 21 heavy (non-hydrogen) atoms. The van der Waals surface area contributed by atoms with Gasteiger partial charge in [0.2, 0.25) is 0 Å². The van der Waals surface area contributed by atoms with E-state index >= 15 is 0 Å². The van der Waals surface area contributed by atoms with Crippen molar-refractivity contribution >= 4 is 11.8 Å². The second kappa shape index (κ2) is 5.48. The minimum absolute atomic E-state index is 0.211. The molecule has 0 aliphatic heterocycles. The summed E-state index contributed by atoms with van der Waals surface area (Å²) in [7, 11) is 0. The van der Waals surface area contributed by atoms with E-state index in [1.165, 1.54) is 43.4 Å². The average molecular weight is 300 g/mol. The zero-order valence-corrected chi connectivity index (χ0v) is 13.3. The van der Waals surface area contributed by atoms with Gasteiger partial charge >= 0.3 is 0 Å². The summed E-state index contributed by atoms with van der Waals surface area (Å²) in [5, 5.41) is 12.9. The largest absolute Gasteiger partial charge is 0.388 e. The van der Waals surface area contributed by atoms with Crippen LogP contribution in [-0.4, -0.2) is 11.2 Å². The molecular weight excluding hydrogens is 276 g/mol. The Hall–Kier alpha value is -0.730. The van der Waals surface area contributed by atoms with Crippen molar-refractivity contribution in [1.82, 2.24) is 0 Å². The fourth-order valence-electron chi connectivity index (χ4n) is 5.44. The van der Waals surface area contributed by atoms with Gasteiger partial charge in [-0.2, -0.15) is 0 Å². The predicted octanol–water partition coefficient (Wildman–Crippen LogP) is 4.87. The van der Waals surface area contributed by atoms with Crippen LogP contribution in [0, 0.1) is 23.2 Å². The molecule has 4 saturated carbocycles. The van der Waals surface area contributed by atoms with Crippen molar-refractivity contribution in [3.05, 3.63) is 41.8 Å². The summed E-state index contributed by atoms with van der Waals surface area (Å²) >= 11 is 1.71. The van der Waals surface area contributed by atoms with Crippen molar-refractivity contribution in [3.8, 4) is 0 Å². The van der Waals surface area contributed by atoms with E-state index in [-0.39, 0.29) is 11.5 Å². The first-order valence-corrected chi connectivity index (χ1v) is 9.18. The minimum atomic E-state index is -0.248. The van der Waals surface area contributed by atoms with Crippen LogP contribution in [0.3, 0.4) is 0 Å². The predicted molar refractivity (Wildman–Crippen MR) is 88.1 cm³/mol. The average Bonchev–Trinajstić information content (AvgIpc) is 2.47. The number of aliphatic hydroxyl groups excluding tert-OH is 1. The quantitative estimate of drug-likeness (QED) is 0.801. The van der Waals surface area contributed by atoms with Crippen LogP contribution in [0.1, 0.15) is 38.5 Å². The molecule has 0 heterocycles. The van der Waals surface area contributed by atoms with Crippen molar-refractivity contribution in [2.24, 2.45) is 23.2 Å². The Labute approximate surface area is 131 Å². The van der Waals surface area contributed by atoms with E-state index in [9.17, 15) is 5.11 Å². The van der Waals surface area contributed by atoms with Crippen LogP contribution in [0.5, 0.6) is 0 Å². The molecule has 1 unspecified atom stereocenters. The molecular formula is C19H24OS. The lowest BCUT2D eigenvalue weighted by Gasteiger charge is -2.58. The third-order valence-electron chi connectivity index (χ3n) is 5.92. The van der Waals surface area contributed by atoms with E-state index in [1.807, 2.05) is 6.07 Å².